The van der Waals surface area contributed by atoms with E-state index < -0.39 is 18.7 Å². The first-order chi connectivity index (χ1) is 16.6. The van der Waals surface area contributed by atoms with Crippen LogP contribution in [0.2, 0.25) is 0 Å². The van der Waals surface area contributed by atoms with Crippen LogP contribution in [0.25, 0.3) is 11.2 Å². The average Bonchev–Trinajstić information content (AvgIpc) is 3.28. The van der Waals surface area contributed by atoms with E-state index in [1.54, 1.807) is 7.05 Å². The third-order valence-electron chi connectivity index (χ3n) is 4.72. The maximum Gasteiger partial charge on any atom is 0.512 e. The molecule has 0 bridgehead atoms. The van der Waals surface area contributed by atoms with Crippen molar-refractivity contribution in [2.24, 2.45) is 0 Å². The van der Waals surface area contributed by atoms with Crippen molar-refractivity contribution in [2.75, 3.05) is 38.8 Å². The van der Waals surface area contributed by atoms with Crippen LogP contribution in [0.5, 0.6) is 0 Å². The van der Waals surface area contributed by atoms with Gasteiger partial charge in [-0.05, 0) is 12.8 Å². The quantitative estimate of drug-likeness (QED) is 0.207. The van der Waals surface area contributed by atoms with Gasteiger partial charge in [-0.2, -0.15) is 0 Å². The van der Waals surface area contributed by atoms with Crippen LogP contribution >= 0.6 is 0 Å². The second-order valence-corrected chi connectivity index (χ2v) is 7.41. The Morgan fingerprint density at radius 1 is 0.882 bits per heavy atom. The van der Waals surface area contributed by atoms with Gasteiger partial charge in [0, 0.05) is 13.5 Å². The fourth-order valence-electron chi connectivity index (χ4n) is 2.93. The minimum absolute atomic E-state index is 0.0948. The van der Waals surface area contributed by atoms with Crippen molar-refractivity contribution < 1.29 is 33.3 Å². The number of rotatable bonds is 16. The molecule has 0 saturated heterocycles. The SMILES string of the molecule is CCCCCOC(=O)OCCCOC(OC(=O)OCCCCC)n1cnc2c(NC)ncnc21. The van der Waals surface area contributed by atoms with Gasteiger partial charge in [-0.25, -0.2) is 24.5 Å². The Kier molecular flexibility index (Phi) is 12.5. The number of imidazole rings is 1. The molecule has 0 spiro atoms. The van der Waals surface area contributed by atoms with E-state index in [4.69, 9.17) is 23.7 Å². The van der Waals surface area contributed by atoms with Gasteiger partial charge in [0.05, 0.1) is 26.4 Å². The predicted molar refractivity (Wildman–Crippen MR) is 123 cm³/mol. The lowest BCUT2D eigenvalue weighted by Crippen LogP contribution is -2.22. The fourth-order valence-corrected chi connectivity index (χ4v) is 2.93. The highest BCUT2D eigenvalue weighted by Crippen LogP contribution is 2.22. The normalized spacial score (nSPS) is 11.7. The standard InChI is InChI=1S/C22H35N5O7/c1-4-6-8-11-31-21(28)32-14-10-13-30-20(34-22(29)33-12-9-7-5-2)27-16-26-17-18(23-3)24-15-25-19(17)27/h15-16,20H,4-14H2,1-3H3,(H,23,24,25). The Hall–Kier alpha value is -3.15. The van der Waals surface area contributed by atoms with Gasteiger partial charge in [0.15, 0.2) is 17.0 Å². The molecular weight excluding hydrogens is 446 g/mol. The number of anilines is 1. The van der Waals surface area contributed by atoms with Crippen LogP contribution in [-0.4, -0.2) is 65.3 Å². The number of hydrogen-bond acceptors (Lipinski definition) is 11. The van der Waals surface area contributed by atoms with Crippen LogP contribution in [0.3, 0.4) is 0 Å². The highest BCUT2D eigenvalue weighted by molar-refractivity contribution is 5.82. The Morgan fingerprint density at radius 3 is 2.18 bits per heavy atom. The summed E-state index contributed by atoms with van der Waals surface area (Å²) in [5.41, 5.74) is 0.905. The second kappa shape index (κ2) is 15.6. The topological polar surface area (TPSA) is 136 Å². The third-order valence-corrected chi connectivity index (χ3v) is 4.72. The molecule has 0 radical (unpaired) electrons. The number of unbranched alkanes of at least 4 members (excludes halogenated alkanes) is 4. The number of carbonyl (C=O) groups excluding carboxylic acids is 2. The molecule has 2 heterocycles. The van der Waals surface area contributed by atoms with Crippen molar-refractivity contribution >= 4 is 29.3 Å². The Labute approximate surface area is 199 Å². The number of hydrogen-bond donors (Lipinski definition) is 1. The highest BCUT2D eigenvalue weighted by Gasteiger charge is 2.22. The summed E-state index contributed by atoms with van der Waals surface area (Å²) >= 11 is 0. The molecule has 12 heteroatoms. The summed E-state index contributed by atoms with van der Waals surface area (Å²) in [5, 5.41) is 2.93. The van der Waals surface area contributed by atoms with Crippen molar-refractivity contribution in [3.63, 3.8) is 0 Å². The molecule has 2 rings (SSSR count). The van der Waals surface area contributed by atoms with Crippen LogP contribution in [0.4, 0.5) is 15.4 Å². The Bertz CT molecular complexity index is 876. The molecule has 190 valence electrons. The number of ether oxygens (including phenoxy) is 5. The number of nitrogens with zero attached hydrogens (tertiary/aromatic N) is 4. The molecule has 1 unspecified atom stereocenters. The van der Waals surface area contributed by atoms with E-state index in [0.717, 1.165) is 38.5 Å². The van der Waals surface area contributed by atoms with E-state index >= 15 is 0 Å². The van der Waals surface area contributed by atoms with E-state index in [1.165, 1.54) is 17.2 Å². The molecule has 0 aromatic carbocycles. The first kappa shape index (κ1) is 27.1. The maximum absolute atomic E-state index is 12.2. The molecule has 0 aliphatic heterocycles. The predicted octanol–water partition coefficient (Wildman–Crippen LogP) is 4.42. The van der Waals surface area contributed by atoms with Gasteiger partial charge in [-0.15, -0.1) is 0 Å². The number of aromatic nitrogens is 4. The summed E-state index contributed by atoms with van der Waals surface area (Å²) in [7, 11) is 1.72. The average molecular weight is 482 g/mol. The van der Waals surface area contributed by atoms with Crippen molar-refractivity contribution in [1.82, 2.24) is 19.5 Å². The molecule has 2 aromatic rings. The van der Waals surface area contributed by atoms with Crippen LogP contribution in [-0.2, 0) is 23.7 Å². The van der Waals surface area contributed by atoms with Gasteiger partial charge in [0.25, 0.3) is 6.41 Å². The van der Waals surface area contributed by atoms with Crippen molar-refractivity contribution in [3.05, 3.63) is 12.7 Å². The van der Waals surface area contributed by atoms with Gasteiger partial charge in [-0.3, -0.25) is 4.57 Å². The molecule has 12 nitrogen and oxygen atoms in total. The zero-order valence-corrected chi connectivity index (χ0v) is 20.2. The van der Waals surface area contributed by atoms with E-state index in [-0.39, 0.29) is 19.8 Å². The largest absolute Gasteiger partial charge is 0.512 e. The van der Waals surface area contributed by atoms with Gasteiger partial charge < -0.3 is 29.0 Å². The Balaban J connectivity index is 1.92. The minimum atomic E-state index is -1.18. The molecular formula is C22H35N5O7. The third kappa shape index (κ3) is 9.00. The highest BCUT2D eigenvalue weighted by atomic mass is 16.8. The molecule has 1 atom stereocenters. The lowest BCUT2D eigenvalue weighted by atomic mass is 10.3. The summed E-state index contributed by atoms with van der Waals surface area (Å²) in [6.45, 7) is 4.94. The van der Waals surface area contributed by atoms with E-state index in [0.29, 0.717) is 30.0 Å². The molecule has 1 N–H and O–H groups in total. The van der Waals surface area contributed by atoms with E-state index in [1.807, 2.05) is 0 Å². The second-order valence-electron chi connectivity index (χ2n) is 7.41. The lowest BCUT2D eigenvalue weighted by molar-refractivity contribution is -0.168. The molecule has 0 fully saturated rings. The number of nitrogens with one attached hydrogen (secondary N) is 1. The zero-order valence-electron chi connectivity index (χ0n) is 20.2. The molecule has 34 heavy (non-hydrogen) atoms. The first-order valence-electron chi connectivity index (χ1n) is 11.7. The summed E-state index contributed by atoms with van der Waals surface area (Å²) in [5.74, 6) is 0.524. The minimum Gasteiger partial charge on any atom is -0.434 e. The van der Waals surface area contributed by atoms with Gasteiger partial charge in [0.1, 0.15) is 12.7 Å². The van der Waals surface area contributed by atoms with E-state index in [9.17, 15) is 9.59 Å². The summed E-state index contributed by atoms with van der Waals surface area (Å²) in [6.07, 6.45) is 5.96. The Morgan fingerprint density at radius 2 is 1.53 bits per heavy atom. The van der Waals surface area contributed by atoms with Crippen LogP contribution in [0, 0.1) is 0 Å². The fraction of sp³-hybridized carbons (Fsp3) is 0.682. The van der Waals surface area contributed by atoms with Crippen LogP contribution < -0.4 is 5.32 Å². The van der Waals surface area contributed by atoms with Gasteiger partial charge in [-0.1, -0.05) is 39.5 Å². The maximum atomic E-state index is 12.2. The summed E-state index contributed by atoms with van der Waals surface area (Å²) in [4.78, 5) is 36.4. The van der Waals surface area contributed by atoms with Crippen molar-refractivity contribution in [2.45, 2.75) is 65.2 Å². The van der Waals surface area contributed by atoms with Crippen molar-refractivity contribution in [1.29, 1.82) is 0 Å². The lowest BCUT2D eigenvalue weighted by Gasteiger charge is -2.19. The number of carbonyl (C=O) groups is 2. The smallest absolute Gasteiger partial charge is 0.434 e. The first-order valence-corrected chi connectivity index (χ1v) is 11.7. The van der Waals surface area contributed by atoms with E-state index in [2.05, 4.69) is 34.1 Å². The summed E-state index contributed by atoms with van der Waals surface area (Å²) < 4.78 is 27.8. The molecule has 0 aliphatic carbocycles. The zero-order chi connectivity index (χ0) is 24.6. The number of fused-ring (bicyclic) bond motifs is 1. The van der Waals surface area contributed by atoms with Gasteiger partial charge in [0.2, 0.25) is 0 Å². The van der Waals surface area contributed by atoms with Crippen LogP contribution in [0.15, 0.2) is 12.7 Å². The molecule has 0 saturated carbocycles. The van der Waals surface area contributed by atoms with Crippen LogP contribution in [0.1, 0.15) is 65.2 Å². The summed E-state index contributed by atoms with van der Waals surface area (Å²) in [6, 6.07) is 0. The molecule has 0 amide bonds. The molecule has 2 aromatic heterocycles. The van der Waals surface area contributed by atoms with Crippen molar-refractivity contribution in [3.8, 4) is 0 Å². The molecule has 0 aliphatic rings. The monoisotopic (exact) mass is 481 g/mol. The van der Waals surface area contributed by atoms with Gasteiger partial charge >= 0.3 is 12.3 Å².